The Labute approximate surface area is 177 Å². The molecular formula is C21H32N6OS. The van der Waals surface area contributed by atoms with Crippen LogP contribution in [-0.4, -0.2) is 45.7 Å². The van der Waals surface area contributed by atoms with Gasteiger partial charge in [0.1, 0.15) is 5.75 Å². The molecule has 0 radical (unpaired) electrons. The lowest BCUT2D eigenvalue weighted by molar-refractivity contribution is 0.114. The molecule has 158 valence electrons. The van der Waals surface area contributed by atoms with Crippen molar-refractivity contribution in [1.82, 2.24) is 10.2 Å². The molecule has 0 saturated carbocycles. The van der Waals surface area contributed by atoms with Crippen molar-refractivity contribution in [2.75, 3.05) is 7.05 Å². The average molecular weight is 417 g/mol. The SMILES string of the molecule is CN(C(=N)SC(=N)Oc1cccc(/C(C=N)=C/N)c1)C1CC(C)(C)NC(C)(C)C1. The molecule has 0 spiro atoms. The number of hydrogen-bond donors (Lipinski definition) is 5. The van der Waals surface area contributed by atoms with E-state index in [2.05, 4.69) is 33.0 Å². The molecular weight excluding hydrogens is 384 g/mol. The zero-order valence-electron chi connectivity index (χ0n) is 17.8. The van der Waals surface area contributed by atoms with Gasteiger partial charge in [0.05, 0.1) is 0 Å². The lowest BCUT2D eigenvalue weighted by Gasteiger charge is -2.49. The largest absolute Gasteiger partial charge is 0.434 e. The lowest BCUT2D eigenvalue weighted by atomic mass is 9.79. The first kappa shape index (κ1) is 23.0. The molecule has 2 rings (SSSR count). The molecule has 0 unspecified atom stereocenters. The van der Waals surface area contributed by atoms with Gasteiger partial charge in [-0.3, -0.25) is 10.8 Å². The van der Waals surface area contributed by atoms with Crippen LogP contribution in [0.3, 0.4) is 0 Å². The van der Waals surface area contributed by atoms with Crippen molar-refractivity contribution in [2.45, 2.75) is 57.7 Å². The summed E-state index contributed by atoms with van der Waals surface area (Å²) in [5.41, 5.74) is 6.81. The Hall–Kier alpha value is -2.32. The summed E-state index contributed by atoms with van der Waals surface area (Å²) < 4.78 is 5.61. The molecule has 0 bridgehead atoms. The fraction of sp³-hybridized carbons (Fsp3) is 0.476. The van der Waals surface area contributed by atoms with E-state index >= 15 is 0 Å². The third kappa shape index (κ3) is 6.33. The number of nitrogens with two attached hydrogens (primary N) is 1. The highest BCUT2D eigenvalue weighted by molar-refractivity contribution is 8.26. The second kappa shape index (κ2) is 9.00. The topological polar surface area (TPSA) is 122 Å². The Bertz CT molecular complexity index is 801. The third-order valence-corrected chi connectivity index (χ3v) is 5.69. The number of rotatable bonds is 4. The summed E-state index contributed by atoms with van der Waals surface area (Å²) in [6.07, 6.45) is 4.37. The molecule has 0 aliphatic carbocycles. The van der Waals surface area contributed by atoms with Crippen molar-refractivity contribution in [1.29, 1.82) is 16.2 Å². The standard InChI is InChI=1S/C21H32N6OS/c1-20(2)10-16(11-21(3,4)26-20)27(5)18(24)29-19(25)28-17-8-6-7-14(9-17)15(12-22)13-23/h6-9,12-13,16,22,24-26H,10-11,23H2,1-5H3/b15-13+,22-12?,24-18?,25-19?. The lowest BCUT2D eigenvalue weighted by Crippen LogP contribution is -2.62. The second-order valence-corrected chi connectivity index (χ2v) is 9.62. The molecule has 1 aliphatic rings. The number of nitrogens with zero attached hydrogens (tertiary/aromatic N) is 1. The summed E-state index contributed by atoms with van der Waals surface area (Å²) in [5.74, 6) is 0.473. The number of thioether (sulfide) groups is 1. The molecule has 0 aromatic heterocycles. The molecule has 6 N–H and O–H groups in total. The fourth-order valence-corrected chi connectivity index (χ4v) is 4.57. The first-order valence-corrected chi connectivity index (χ1v) is 10.4. The van der Waals surface area contributed by atoms with E-state index < -0.39 is 0 Å². The maximum absolute atomic E-state index is 8.45. The van der Waals surface area contributed by atoms with E-state index in [9.17, 15) is 0 Å². The summed E-state index contributed by atoms with van der Waals surface area (Å²) in [5, 5.41) is 27.9. The monoisotopic (exact) mass is 416 g/mol. The highest BCUT2D eigenvalue weighted by Crippen LogP contribution is 2.32. The van der Waals surface area contributed by atoms with E-state index in [1.54, 1.807) is 18.2 Å². The molecule has 29 heavy (non-hydrogen) atoms. The fourth-order valence-electron chi connectivity index (χ4n) is 3.96. The number of benzene rings is 1. The van der Waals surface area contributed by atoms with E-state index in [0.717, 1.165) is 30.2 Å². The summed E-state index contributed by atoms with van der Waals surface area (Å²) in [6, 6.07) is 7.28. The molecule has 0 atom stereocenters. The number of nitrogens with one attached hydrogen (secondary N) is 4. The van der Waals surface area contributed by atoms with Gasteiger partial charge in [-0.2, -0.15) is 0 Å². The van der Waals surface area contributed by atoms with Crippen LogP contribution in [0.15, 0.2) is 30.5 Å². The van der Waals surface area contributed by atoms with Gasteiger partial charge >= 0.3 is 0 Å². The Balaban J connectivity index is 2.01. The highest BCUT2D eigenvalue weighted by atomic mass is 32.2. The minimum atomic E-state index is -0.0698. The minimum absolute atomic E-state index is 0.0147. The molecule has 1 saturated heterocycles. The van der Waals surface area contributed by atoms with Crippen LogP contribution in [0.1, 0.15) is 46.1 Å². The van der Waals surface area contributed by atoms with Gasteiger partial charge < -0.3 is 26.1 Å². The van der Waals surface area contributed by atoms with Gasteiger partial charge in [0.15, 0.2) is 5.17 Å². The predicted octanol–water partition coefficient (Wildman–Crippen LogP) is 3.86. The maximum atomic E-state index is 8.45. The van der Waals surface area contributed by atoms with E-state index in [0.29, 0.717) is 11.3 Å². The number of ether oxygens (including phenoxy) is 1. The first-order chi connectivity index (χ1) is 13.5. The molecule has 1 heterocycles. The molecule has 1 aromatic rings. The minimum Gasteiger partial charge on any atom is -0.434 e. The van der Waals surface area contributed by atoms with Gasteiger partial charge in [-0.1, -0.05) is 12.1 Å². The summed E-state index contributed by atoms with van der Waals surface area (Å²) in [7, 11) is 1.91. The zero-order valence-corrected chi connectivity index (χ0v) is 18.6. The van der Waals surface area contributed by atoms with Crippen LogP contribution in [0.2, 0.25) is 0 Å². The van der Waals surface area contributed by atoms with Crippen LogP contribution in [0.5, 0.6) is 5.75 Å². The summed E-state index contributed by atoms with van der Waals surface area (Å²) >= 11 is 0.988. The van der Waals surface area contributed by atoms with Crippen molar-refractivity contribution in [3.63, 3.8) is 0 Å². The zero-order chi connectivity index (χ0) is 21.8. The molecule has 7 nitrogen and oxygen atoms in total. The van der Waals surface area contributed by atoms with Crippen molar-refractivity contribution in [2.24, 2.45) is 5.73 Å². The smallest absolute Gasteiger partial charge is 0.256 e. The normalized spacial score (nSPS) is 18.7. The average Bonchev–Trinajstić information content (AvgIpc) is 2.59. The molecule has 8 heteroatoms. The van der Waals surface area contributed by atoms with Crippen molar-refractivity contribution in [3.8, 4) is 5.75 Å². The van der Waals surface area contributed by atoms with Crippen LogP contribution in [0.4, 0.5) is 0 Å². The van der Waals surface area contributed by atoms with Crippen molar-refractivity contribution >= 4 is 33.9 Å². The molecule has 0 amide bonds. The van der Waals surface area contributed by atoms with Gasteiger partial charge in [0.25, 0.3) is 5.23 Å². The van der Waals surface area contributed by atoms with Gasteiger partial charge in [0.2, 0.25) is 0 Å². The van der Waals surface area contributed by atoms with Crippen LogP contribution in [0, 0.1) is 16.2 Å². The van der Waals surface area contributed by atoms with Gasteiger partial charge in [-0.15, -0.1) is 0 Å². The second-order valence-electron chi connectivity index (χ2n) is 8.66. The highest BCUT2D eigenvalue weighted by Gasteiger charge is 2.39. The number of amidine groups is 1. The van der Waals surface area contributed by atoms with Crippen LogP contribution < -0.4 is 15.8 Å². The number of hydrogen-bond acceptors (Lipinski definition) is 7. The third-order valence-electron chi connectivity index (χ3n) is 4.94. The van der Waals surface area contributed by atoms with Gasteiger partial charge in [0, 0.05) is 53.9 Å². The van der Waals surface area contributed by atoms with Crippen LogP contribution >= 0.6 is 11.8 Å². The molecule has 1 fully saturated rings. The predicted molar refractivity (Wildman–Crippen MR) is 123 cm³/mol. The maximum Gasteiger partial charge on any atom is 0.256 e. The van der Waals surface area contributed by atoms with E-state index in [4.69, 9.17) is 26.7 Å². The Morgan fingerprint density at radius 2 is 1.86 bits per heavy atom. The molecule has 1 aromatic carbocycles. The van der Waals surface area contributed by atoms with E-state index in [1.165, 1.54) is 12.4 Å². The van der Waals surface area contributed by atoms with Crippen LogP contribution in [0.25, 0.3) is 5.57 Å². The van der Waals surface area contributed by atoms with Gasteiger partial charge in [-0.05, 0) is 58.2 Å². The Morgan fingerprint density at radius 3 is 2.41 bits per heavy atom. The van der Waals surface area contributed by atoms with Crippen LogP contribution in [-0.2, 0) is 0 Å². The van der Waals surface area contributed by atoms with E-state index in [-0.39, 0.29) is 27.5 Å². The summed E-state index contributed by atoms with van der Waals surface area (Å²) in [4.78, 5) is 1.94. The summed E-state index contributed by atoms with van der Waals surface area (Å²) in [6.45, 7) is 8.73. The molecule has 1 aliphatic heterocycles. The van der Waals surface area contributed by atoms with Gasteiger partial charge in [-0.25, -0.2) is 0 Å². The van der Waals surface area contributed by atoms with Crippen molar-refractivity contribution in [3.05, 3.63) is 36.0 Å². The Morgan fingerprint density at radius 1 is 1.24 bits per heavy atom. The number of allylic oxidation sites excluding steroid dienone is 1. The first-order valence-electron chi connectivity index (χ1n) is 9.54. The quantitative estimate of drug-likeness (QED) is 0.377. The number of piperidine rings is 1. The van der Waals surface area contributed by atoms with E-state index in [1.807, 2.05) is 18.0 Å². The Kier molecular flexibility index (Phi) is 7.13. The van der Waals surface area contributed by atoms with Crippen molar-refractivity contribution < 1.29 is 4.74 Å².